The van der Waals surface area contributed by atoms with Gasteiger partial charge in [-0.25, -0.2) is 14.5 Å². The van der Waals surface area contributed by atoms with Gasteiger partial charge in [0.05, 0.1) is 10.7 Å². The second kappa shape index (κ2) is 6.22. The summed E-state index contributed by atoms with van der Waals surface area (Å²) in [6, 6.07) is 13.0. The van der Waals surface area contributed by atoms with Gasteiger partial charge in [0.1, 0.15) is 0 Å². The highest BCUT2D eigenvalue weighted by atomic mass is 35.5. The van der Waals surface area contributed by atoms with Crippen LogP contribution in [0, 0.1) is 6.92 Å². The second-order valence-electron chi connectivity index (χ2n) is 5.10. The first-order chi connectivity index (χ1) is 11.1. The van der Waals surface area contributed by atoms with Gasteiger partial charge in [0, 0.05) is 18.2 Å². The van der Waals surface area contributed by atoms with E-state index in [1.165, 1.54) is 4.68 Å². The van der Waals surface area contributed by atoms with E-state index in [9.17, 15) is 9.90 Å². The maximum absolute atomic E-state index is 11.8. The molecule has 0 atom stereocenters. The lowest BCUT2D eigenvalue weighted by Crippen LogP contribution is -2.12. The third-order valence-electron chi connectivity index (χ3n) is 3.55. The molecule has 0 bridgehead atoms. The van der Waals surface area contributed by atoms with E-state index in [-0.39, 0.29) is 5.69 Å². The number of pyridine rings is 1. The molecule has 1 aromatic carbocycles. The van der Waals surface area contributed by atoms with Gasteiger partial charge in [-0.1, -0.05) is 41.9 Å². The minimum absolute atomic E-state index is 0.0898. The fourth-order valence-electron chi connectivity index (χ4n) is 2.48. The highest BCUT2D eigenvalue weighted by Gasteiger charge is 2.23. The number of aromatic carboxylic acids is 1. The number of hydrogen-bond acceptors (Lipinski definition) is 3. The quantitative estimate of drug-likeness (QED) is 0.796. The Morgan fingerprint density at radius 1 is 1.22 bits per heavy atom. The lowest BCUT2D eigenvalue weighted by atomic mass is 10.0. The van der Waals surface area contributed by atoms with Crippen molar-refractivity contribution in [3.8, 4) is 5.82 Å². The lowest BCUT2D eigenvalue weighted by molar-refractivity contribution is 0.0685. The van der Waals surface area contributed by atoms with E-state index in [0.717, 1.165) is 5.56 Å². The summed E-state index contributed by atoms with van der Waals surface area (Å²) in [7, 11) is 0. The molecular formula is C17H14ClN3O2. The first kappa shape index (κ1) is 15.2. The first-order valence-corrected chi connectivity index (χ1v) is 7.42. The number of carboxylic acid groups (broad SMARTS) is 1. The Labute approximate surface area is 138 Å². The van der Waals surface area contributed by atoms with Crippen LogP contribution in [0.25, 0.3) is 5.82 Å². The minimum atomic E-state index is -1.06. The van der Waals surface area contributed by atoms with Gasteiger partial charge in [-0.2, -0.15) is 5.10 Å². The highest BCUT2D eigenvalue weighted by Crippen LogP contribution is 2.24. The van der Waals surface area contributed by atoms with Gasteiger partial charge in [-0.15, -0.1) is 0 Å². The summed E-state index contributed by atoms with van der Waals surface area (Å²) < 4.78 is 1.30. The van der Waals surface area contributed by atoms with Crippen molar-refractivity contribution in [2.75, 3.05) is 0 Å². The van der Waals surface area contributed by atoms with Crippen LogP contribution in [0.4, 0.5) is 0 Å². The van der Waals surface area contributed by atoms with Crippen molar-refractivity contribution >= 4 is 17.6 Å². The maximum Gasteiger partial charge on any atom is 0.355 e. The molecule has 6 heteroatoms. The Morgan fingerprint density at radius 2 is 1.96 bits per heavy atom. The van der Waals surface area contributed by atoms with Crippen molar-refractivity contribution in [3.63, 3.8) is 0 Å². The predicted molar refractivity (Wildman–Crippen MR) is 87.3 cm³/mol. The largest absolute Gasteiger partial charge is 0.476 e. The van der Waals surface area contributed by atoms with E-state index in [4.69, 9.17) is 11.6 Å². The fourth-order valence-corrected chi connectivity index (χ4v) is 2.68. The van der Waals surface area contributed by atoms with Crippen LogP contribution < -0.4 is 0 Å². The number of halogens is 1. The average Bonchev–Trinajstić information content (AvgIpc) is 2.85. The Balaban J connectivity index is 2.15. The molecule has 5 nitrogen and oxygen atoms in total. The van der Waals surface area contributed by atoms with Crippen LogP contribution in [0.5, 0.6) is 0 Å². The highest BCUT2D eigenvalue weighted by molar-refractivity contribution is 6.32. The zero-order chi connectivity index (χ0) is 16.4. The molecule has 0 fully saturated rings. The second-order valence-corrected chi connectivity index (χ2v) is 5.51. The summed E-state index contributed by atoms with van der Waals surface area (Å²) in [5, 5.41) is 14.4. The Kier molecular flexibility index (Phi) is 4.12. The molecular weight excluding hydrogens is 314 g/mol. The number of aryl methyl sites for hydroxylation is 1. The van der Waals surface area contributed by atoms with Crippen molar-refractivity contribution in [1.29, 1.82) is 0 Å². The summed E-state index contributed by atoms with van der Waals surface area (Å²) >= 11 is 6.14. The summed E-state index contributed by atoms with van der Waals surface area (Å²) in [6.45, 7) is 1.79. The van der Waals surface area contributed by atoms with Gasteiger partial charge in [0.2, 0.25) is 0 Å². The third kappa shape index (κ3) is 2.96. The molecule has 2 aromatic heterocycles. The fraction of sp³-hybridized carbons (Fsp3) is 0.118. The normalized spacial score (nSPS) is 10.7. The molecule has 0 radical (unpaired) electrons. The molecule has 0 saturated heterocycles. The number of rotatable bonds is 4. The maximum atomic E-state index is 11.8. The molecule has 116 valence electrons. The molecule has 0 spiro atoms. The topological polar surface area (TPSA) is 68.0 Å². The van der Waals surface area contributed by atoms with Crippen molar-refractivity contribution in [1.82, 2.24) is 14.8 Å². The van der Waals surface area contributed by atoms with Gasteiger partial charge in [0.15, 0.2) is 11.5 Å². The van der Waals surface area contributed by atoms with Crippen LogP contribution in [0.15, 0.2) is 48.7 Å². The summed E-state index contributed by atoms with van der Waals surface area (Å²) in [6.07, 6.45) is 2.04. The van der Waals surface area contributed by atoms with Gasteiger partial charge in [-0.3, -0.25) is 0 Å². The molecule has 0 unspecified atom stereocenters. The Bertz CT molecular complexity index is 860. The SMILES string of the molecule is Cc1nn(-c2ncccc2Cl)c(C(=O)O)c1Cc1ccccc1. The molecule has 0 aliphatic rings. The molecule has 0 aliphatic heterocycles. The van der Waals surface area contributed by atoms with E-state index in [1.54, 1.807) is 25.3 Å². The molecule has 1 N–H and O–H groups in total. The van der Waals surface area contributed by atoms with Gasteiger partial charge in [0.25, 0.3) is 0 Å². The Morgan fingerprint density at radius 3 is 2.61 bits per heavy atom. The van der Waals surface area contributed by atoms with E-state index in [2.05, 4.69) is 10.1 Å². The molecule has 0 aliphatic carbocycles. The van der Waals surface area contributed by atoms with Crippen molar-refractivity contribution in [2.45, 2.75) is 13.3 Å². The van der Waals surface area contributed by atoms with Crippen LogP contribution in [0.1, 0.15) is 27.3 Å². The predicted octanol–water partition coefficient (Wildman–Crippen LogP) is 3.52. The van der Waals surface area contributed by atoms with Gasteiger partial charge in [-0.05, 0) is 24.6 Å². The lowest BCUT2D eigenvalue weighted by Gasteiger charge is -2.07. The monoisotopic (exact) mass is 327 g/mol. The summed E-state index contributed by atoms with van der Waals surface area (Å²) in [5.74, 6) is -0.743. The van der Waals surface area contributed by atoms with E-state index < -0.39 is 5.97 Å². The van der Waals surface area contributed by atoms with Crippen molar-refractivity contribution in [3.05, 3.63) is 76.2 Å². The van der Waals surface area contributed by atoms with Gasteiger partial charge < -0.3 is 5.11 Å². The smallest absolute Gasteiger partial charge is 0.355 e. The standard InChI is InChI=1S/C17H14ClN3O2/c1-11-13(10-12-6-3-2-4-7-12)15(17(22)23)21(20-11)16-14(18)8-5-9-19-16/h2-9H,10H2,1H3,(H,22,23). The molecule has 0 saturated carbocycles. The third-order valence-corrected chi connectivity index (χ3v) is 3.85. The van der Waals surface area contributed by atoms with Crippen LogP contribution in [0.3, 0.4) is 0 Å². The number of aromatic nitrogens is 3. The number of carbonyl (C=O) groups is 1. The van der Waals surface area contributed by atoms with Gasteiger partial charge >= 0.3 is 5.97 Å². The zero-order valence-corrected chi connectivity index (χ0v) is 13.2. The molecule has 3 aromatic rings. The first-order valence-electron chi connectivity index (χ1n) is 7.04. The van der Waals surface area contributed by atoms with Crippen molar-refractivity contribution < 1.29 is 9.90 Å². The minimum Gasteiger partial charge on any atom is -0.476 e. The van der Waals surface area contributed by atoms with Crippen molar-refractivity contribution in [2.24, 2.45) is 0 Å². The summed E-state index contributed by atoms with van der Waals surface area (Å²) in [4.78, 5) is 16.0. The number of hydrogen-bond donors (Lipinski definition) is 1. The molecule has 2 heterocycles. The van der Waals surface area contributed by atoms with Crippen LogP contribution in [0.2, 0.25) is 5.02 Å². The molecule has 0 amide bonds. The molecule has 3 rings (SSSR count). The number of nitrogens with zero attached hydrogens (tertiary/aromatic N) is 3. The molecule has 23 heavy (non-hydrogen) atoms. The van der Waals surface area contributed by atoms with E-state index >= 15 is 0 Å². The summed E-state index contributed by atoms with van der Waals surface area (Å²) in [5.41, 5.74) is 2.41. The number of benzene rings is 1. The van der Waals surface area contributed by atoms with Crippen LogP contribution in [-0.4, -0.2) is 25.8 Å². The van der Waals surface area contributed by atoms with E-state index in [1.807, 2.05) is 30.3 Å². The number of carboxylic acids is 1. The van der Waals surface area contributed by atoms with Crippen LogP contribution in [-0.2, 0) is 6.42 Å². The van der Waals surface area contributed by atoms with Crippen LogP contribution >= 0.6 is 11.6 Å². The average molecular weight is 328 g/mol. The Hall–Kier alpha value is -2.66. The zero-order valence-electron chi connectivity index (χ0n) is 12.4. The van der Waals surface area contributed by atoms with E-state index in [0.29, 0.717) is 28.5 Å².